The van der Waals surface area contributed by atoms with E-state index in [4.69, 9.17) is 18.9 Å². The minimum absolute atomic E-state index is 0.00422. The third-order valence-corrected chi connectivity index (χ3v) is 5.05. The first-order valence-electron chi connectivity index (χ1n) is 9.59. The number of carbonyl (C=O) groups excluding carboxylic acids is 2. The van der Waals surface area contributed by atoms with E-state index in [0.717, 1.165) is 0 Å². The van der Waals surface area contributed by atoms with Gasteiger partial charge in [-0.2, -0.15) is 0 Å². The van der Waals surface area contributed by atoms with Gasteiger partial charge in [-0.05, 0) is 35.4 Å². The van der Waals surface area contributed by atoms with E-state index in [1.165, 1.54) is 48.5 Å². The summed E-state index contributed by atoms with van der Waals surface area (Å²) in [5.74, 6) is -1.70. The zero-order valence-corrected chi connectivity index (χ0v) is 16.0. The molecule has 0 amide bonds. The lowest BCUT2D eigenvalue weighted by Gasteiger charge is -2.17. The number of benzene rings is 2. The molecule has 2 fully saturated rings. The summed E-state index contributed by atoms with van der Waals surface area (Å²) in [6, 6.07) is 11.2. The smallest absolute Gasteiger partial charge is 0.310 e. The highest BCUT2D eigenvalue weighted by Crippen LogP contribution is 2.31. The Balaban J connectivity index is 1.27. The van der Waals surface area contributed by atoms with Crippen LogP contribution < -0.4 is 0 Å². The predicted octanol–water partition coefficient (Wildman–Crippen LogP) is 2.37. The Bertz CT molecular complexity index is 823. The number of ether oxygens (including phenoxy) is 4. The maximum atomic E-state index is 13.0. The van der Waals surface area contributed by atoms with Crippen molar-refractivity contribution in [2.45, 2.75) is 37.3 Å². The molecule has 4 atom stereocenters. The molecule has 0 N–H and O–H groups in total. The van der Waals surface area contributed by atoms with Crippen LogP contribution >= 0.6 is 0 Å². The predicted molar refractivity (Wildman–Crippen MR) is 99.4 cm³/mol. The van der Waals surface area contributed by atoms with Gasteiger partial charge in [0.05, 0.1) is 26.1 Å². The van der Waals surface area contributed by atoms with Crippen molar-refractivity contribution in [1.29, 1.82) is 0 Å². The van der Waals surface area contributed by atoms with Crippen molar-refractivity contribution in [2.24, 2.45) is 0 Å². The Kier molecular flexibility index (Phi) is 6.06. The van der Waals surface area contributed by atoms with Gasteiger partial charge in [-0.25, -0.2) is 8.78 Å². The lowest BCUT2D eigenvalue weighted by atomic mass is 10.1. The highest BCUT2D eigenvalue weighted by atomic mass is 19.1. The van der Waals surface area contributed by atoms with Crippen LogP contribution in [0.3, 0.4) is 0 Å². The van der Waals surface area contributed by atoms with Crippen molar-refractivity contribution >= 4 is 11.9 Å². The molecule has 0 radical (unpaired) electrons. The second-order valence-corrected chi connectivity index (χ2v) is 7.26. The van der Waals surface area contributed by atoms with Crippen LogP contribution in [0.25, 0.3) is 0 Å². The minimum Gasteiger partial charge on any atom is -0.457 e. The molecule has 0 unspecified atom stereocenters. The van der Waals surface area contributed by atoms with Gasteiger partial charge in [0.25, 0.3) is 0 Å². The van der Waals surface area contributed by atoms with Crippen LogP contribution in [0.4, 0.5) is 8.78 Å². The highest BCUT2D eigenvalue weighted by Gasteiger charge is 2.51. The second-order valence-electron chi connectivity index (χ2n) is 7.26. The van der Waals surface area contributed by atoms with Crippen LogP contribution in [-0.4, -0.2) is 49.6 Å². The summed E-state index contributed by atoms with van der Waals surface area (Å²) in [7, 11) is 0. The van der Waals surface area contributed by atoms with Crippen molar-refractivity contribution in [3.63, 3.8) is 0 Å². The van der Waals surface area contributed by atoms with Gasteiger partial charge in [0.15, 0.2) is 12.2 Å². The molecule has 0 aliphatic carbocycles. The average Bonchev–Trinajstić information content (AvgIpc) is 3.29. The molecule has 0 aromatic heterocycles. The van der Waals surface area contributed by atoms with Crippen LogP contribution in [0.5, 0.6) is 0 Å². The summed E-state index contributed by atoms with van der Waals surface area (Å²) in [4.78, 5) is 24.4. The fourth-order valence-electron chi connectivity index (χ4n) is 3.59. The Morgan fingerprint density at radius 3 is 1.47 bits per heavy atom. The molecule has 4 rings (SSSR count). The van der Waals surface area contributed by atoms with E-state index < -0.39 is 36.4 Å². The van der Waals surface area contributed by atoms with Gasteiger partial charge >= 0.3 is 11.9 Å². The SMILES string of the molecule is O=C(Cc1ccc(F)cc1)O[C@H]1CO[C@H]2[C@@H]1OC[C@H]2OC(=O)Cc1ccc(F)cc1. The molecule has 8 heteroatoms. The van der Waals surface area contributed by atoms with E-state index in [1.54, 1.807) is 0 Å². The molecular formula is C22H20F2O6. The first kappa shape index (κ1) is 20.4. The first-order chi connectivity index (χ1) is 14.5. The third kappa shape index (κ3) is 4.83. The van der Waals surface area contributed by atoms with Crippen molar-refractivity contribution in [3.8, 4) is 0 Å². The van der Waals surface area contributed by atoms with E-state index in [2.05, 4.69) is 0 Å². The Morgan fingerprint density at radius 2 is 1.10 bits per heavy atom. The lowest BCUT2D eigenvalue weighted by molar-refractivity contribution is -0.154. The van der Waals surface area contributed by atoms with Gasteiger partial charge in [0.1, 0.15) is 23.8 Å². The maximum Gasteiger partial charge on any atom is 0.310 e. The number of hydrogen-bond donors (Lipinski definition) is 0. The Morgan fingerprint density at radius 1 is 0.733 bits per heavy atom. The summed E-state index contributed by atoms with van der Waals surface area (Å²) in [5, 5.41) is 0. The van der Waals surface area contributed by atoms with Crippen LogP contribution in [0, 0.1) is 11.6 Å². The topological polar surface area (TPSA) is 71.1 Å². The number of esters is 2. The molecule has 2 aliphatic heterocycles. The molecule has 2 aromatic carbocycles. The molecule has 0 saturated carbocycles. The largest absolute Gasteiger partial charge is 0.457 e. The molecule has 0 bridgehead atoms. The van der Waals surface area contributed by atoms with Gasteiger partial charge in [-0.1, -0.05) is 24.3 Å². The highest BCUT2D eigenvalue weighted by molar-refractivity contribution is 5.73. The molecule has 0 spiro atoms. The monoisotopic (exact) mass is 418 g/mol. The number of halogens is 2. The molecule has 2 aliphatic rings. The third-order valence-electron chi connectivity index (χ3n) is 5.05. The summed E-state index contributed by atoms with van der Waals surface area (Å²) < 4.78 is 48.2. The fourth-order valence-corrected chi connectivity index (χ4v) is 3.59. The summed E-state index contributed by atoms with van der Waals surface area (Å²) in [6.07, 6.45) is -2.25. The van der Waals surface area contributed by atoms with Gasteiger partial charge in [0, 0.05) is 0 Å². The number of rotatable bonds is 6. The minimum atomic E-state index is -0.608. The van der Waals surface area contributed by atoms with E-state index in [1.807, 2.05) is 0 Å². The molecule has 158 valence electrons. The van der Waals surface area contributed by atoms with E-state index in [0.29, 0.717) is 11.1 Å². The van der Waals surface area contributed by atoms with Crippen LogP contribution in [-0.2, 0) is 41.4 Å². The average molecular weight is 418 g/mol. The maximum absolute atomic E-state index is 13.0. The quantitative estimate of drug-likeness (QED) is 0.671. The zero-order chi connectivity index (χ0) is 21.1. The number of fused-ring (bicyclic) bond motifs is 1. The van der Waals surface area contributed by atoms with Crippen LogP contribution in [0.15, 0.2) is 48.5 Å². The Hall–Kier alpha value is -2.84. The van der Waals surface area contributed by atoms with E-state index in [-0.39, 0.29) is 37.7 Å². The second kappa shape index (κ2) is 8.89. The van der Waals surface area contributed by atoms with E-state index in [9.17, 15) is 18.4 Å². The summed E-state index contributed by atoms with van der Waals surface area (Å²) in [5.41, 5.74) is 1.27. The van der Waals surface area contributed by atoms with Gasteiger partial charge in [0.2, 0.25) is 0 Å². The first-order valence-corrected chi connectivity index (χ1v) is 9.59. The van der Waals surface area contributed by atoms with Crippen molar-refractivity contribution in [3.05, 3.63) is 71.3 Å². The molecule has 2 saturated heterocycles. The van der Waals surface area contributed by atoms with Crippen LogP contribution in [0.1, 0.15) is 11.1 Å². The number of carbonyl (C=O) groups is 2. The van der Waals surface area contributed by atoms with Crippen LogP contribution in [0.2, 0.25) is 0 Å². The van der Waals surface area contributed by atoms with Gasteiger partial charge in [-0.15, -0.1) is 0 Å². The molecule has 30 heavy (non-hydrogen) atoms. The van der Waals surface area contributed by atoms with Crippen molar-refractivity contribution in [1.82, 2.24) is 0 Å². The normalized spacial score (nSPS) is 25.0. The Labute approximate surface area is 171 Å². The number of hydrogen-bond acceptors (Lipinski definition) is 6. The standard InChI is InChI=1S/C22H20F2O6/c23-15-5-1-13(2-6-15)9-19(25)29-17-11-27-22-18(12-28-21(17)22)30-20(26)10-14-3-7-16(24)8-4-14/h1-8,17-18,21-22H,9-12H2/t17-,18+,21-,22-/m1/s1. The molecule has 2 heterocycles. The summed E-state index contributed by atoms with van der Waals surface area (Å²) >= 11 is 0. The molecule has 2 aromatic rings. The van der Waals surface area contributed by atoms with Gasteiger partial charge in [-0.3, -0.25) is 9.59 Å². The molecular weight excluding hydrogens is 398 g/mol. The van der Waals surface area contributed by atoms with E-state index >= 15 is 0 Å². The zero-order valence-electron chi connectivity index (χ0n) is 16.0. The summed E-state index contributed by atoms with van der Waals surface area (Å²) in [6.45, 7) is 0.271. The van der Waals surface area contributed by atoms with Gasteiger partial charge < -0.3 is 18.9 Å². The fraction of sp³-hybridized carbons (Fsp3) is 0.364. The van der Waals surface area contributed by atoms with Crippen molar-refractivity contribution < 1.29 is 37.3 Å². The molecule has 6 nitrogen and oxygen atoms in total. The lowest BCUT2D eigenvalue weighted by Crippen LogP contribution is -2.36. The van der Waals surface area contributed by atoms with Crippen molar-refractivity contribution in [2.75, 3.05) is 13.2 Å².